The normalized spacial score (nSPS) is 13.0. The molecule has 0 bridgehead atoms. The molecule has 0 spiro atoms. The fraction of sp³-hybridized carbons (Fsp3) is 0.118. The summed E-state index contributed by atoms with van der Waals surface area (Å²) in [6, 6.07) is 13.3. The fourth-order valence-corrected chi connectivity index (χ4v) is 2.58. The van der Waals surface area contributed by atoms with E-state index in [0.29, 0.717) is 11.4 Å². The number of carbonyl (C=O) groups is 3. The van der Waals surface area contributed by atoms with Gasteiger partial charge < -0.3 is 10.1 Å². The van der Waals surface area contributed by atoms with Crippen LogP contribution in [0.2, 0.25) is 5.02 Å². The van der Waals surface area contributed by atoms with Gasteiger partial charge in [-0.15, -0.1) is 0 Å². The molecule has 0 saturated carbocycles. The first-order valence-electron chi connectivity index (χ1n) is 7.17. The third-order valence-electron chi connectivity index (χ3n) is 3.49. The maximum Gasteiger partial charge on any atom is 0.340 e. The first-order valence-corrected chi connectivity index (χ1v) is 7.55. The summed E-state index contributed by atoms with van der Waals surface area (Å²) in [6.45, 7) is -0.606. The van der Waals surface area contributed by atoms with Gasteiger partial charge in [-0.05, 0) is 24.3 Å². The van der Waals surface area contributed by atoms with Gasteiger partial charge in [-0.3, -0.25) is 14.5 Å². The predicted octanol–water partition coefficient (Wildman–Crippen LogP) is 2.48. The Morgan fingerprint density at radius 3 is 2.62 bits per heavy atom. The Hall–Kier alpha value is -2.86. The second-order valence-electron chi connectivity index (χ2n) is 5.10. The smallest absolute Gasteiger partial charge is 0.340 e. The monoisotopic (exact) mass is 344 g/mol. The molecule has 2 aromatic carbocycles. The predicted molar refractivity (Wildman–Crippen MR) is 89.2 cm³/mol. The second-order valence-corrected chi connectivity index (χ2v) is 5.51. The summed E-state index contributed by atoms with van der Waals surface area (Å²) in [5.41, 5.74) is 1.29. The Morgan fingerprint density at radius 2 is 1.83 bits per heavy atom. The standard InChI is InChI=1S/C17H13ClN2O4/c18-12-6-2-1-5-11(12)17(23)24-10-16(22)20-9-15(21)19-13-7-3-4-8-14(13)20/h1-8H,9-10H2,(H,19,21). The lowest BCUT2D eigenvalue weighted by Crippen LogP contribution is -2.44. The second kappa shape index (κ2) is 6.72. The first kappa shape index (κ1) is 16.0. The summed E-state index contributed by atoms with van der Waals surface area (Å²) in [7, 11) is 0. The molecule has 1 N–H and O–H groups in total. The maximum atomic E-state index is 12.4. The Labute approximate surface area is 143 Å². The molecule has 1 heterocycles. The zero-order valence-electron chi connectivity index (χ0n) is 12.5. The van der Waals surface area contributed by atoms with Crippen molar-refractivity contribution < 1.29 is 19.1 Å². The molecule has 0 fully saturated rings. The molecule has 0 saturated heterocycles. The molecule has 0 unspecified atom stereocenters. The summed E-state index contributed by atoms with van der Waals surface area (Å²) < 4.78 is 5.03. The van der Waals surface area contributed by atoms with Crippen LogP contribution in [0.1, 0.15) is 10.4 Å². The van der Waals surface area contributed by atoms with Gasteiger partial charge >= 0.3 is 5.97 Å². The van der Waals surface area contributed by atoms with Crippen molar-refractivity contribution in [2.45, 2.75) is 0 Å². The van der Waals surface area contributed by atoms with Crippen LogP contribution >= 0.6 is 11.6 Å². The average molecular weight is 345 g/mol. The topological polar surface area (TPSA) is 75.7 Å². The molecule has 6 nitrogen and oxygen atoms in total. The SMILES string of the molecule is O=C1CN(C(=O)COC(=O)c2ccccc2Cl)c2ccccc2N1. The Morgan fingerprint density at radius 1 is 1.12 bits per heavy atom. The van der Waals surface area contributed by atoms with E-state index >= 15 is 0 Å². The molecule has 0 radical (unpaired) electrons. The highest BCUT2D eigenvalue weighted by Gasteiger charge is 2.27. The number of fused-ring (bicyclic) bond motifs is 1. The number of nitrogens with zero attached hydrogens (tertiary/aromatic N) is 1. The van der Waals surface area contributed by atoms with E-state index in [1.807, 2.05) is 0 Å². The average Bonchev–Trinajstić information content (AvgIpc) is 2.59. The Balaban J connectivity index is 1.71. The van der Waals surface area contributed by atoms with E-state index in [4.69, 9.17) is 16.3 Å². The van der Waals surface area contributed by atoms with E-state index in [-0.39, 0.29) is 23.0 Å². The molecular formula is C17H13ClN2O4. The number of amides is 2. The van der Waals surface area contributed by atoms with Crippen molar-refractivity contribution in [1.82, 2.24) is 0 Å². The minimum Gasteiger partial charge on any atom is -0.452 e. The molecule has 2 amide bonds. The van der Waals surface area contributed by atoms with Gasteiger partial charge in [-0.2, -0.15) is 0 Å². The minimum absolute atomic E-state index is 0.126. The van der Waals surface area contributed by atoms with Crippen LogP contribution in [0.25, 0.3) is 0 Å². The van der Waals surface area contributed by atoms with E-state index in [2.05, 4.69) is 5.32 Å². The molecule has 122 valence electrons. The molecular weight excluding hydrogens is 332 g/mol. The summed E-state index contributed by atoms with van der Waals surface area (Å²) >= 11 is 5.92. The number of hydrogen-bond acceptors (Lipinski definition) is 4. The number of esters is 1. The van der Waals surface area contributed by atoms with Crippen LogP contribution in [0.5, 0.6) is 0 Å². The van der Waals surface area contributed by atoms with Gasteiger partial charge in [0, 0.05) is 0 Å². The van der Waals surface area contributed by atoms with E-state index in [1.165, 1.54) is 11.0 Å². The summed E-state index contributed by atoms with van der Waals surface area (Å²) in [4.78, 5) is 37.4. The highest BCUT2D eigenvalue weighted by molar-refractivity contribution is 6.33. The van der Waals surface area contributed by atoms with Crippen molar-refractivity contribution in [3.63, 3.8) is 0 Å². The number of rotatable bonds is 3. The quantitative estimate of drug-likeness (QED) is 0.868. The third-order valence-corrected chi connectivity index (χ3v) is 3.82. The lowest BCUT2D eigenvalue weighted by molar-refractivity contribution is -0.124. The highest BCUT2D eigenvalue weighted by atomic mass is 35.5. The zero-order chi connectivity index (χ0) is 17.1. The Kier molecular flexibility index (Phi) is 4.48. The van der Waals surface area contributed by atoms with Crippen molar-refractivity contribution in [2.24, 2.45) is 0 Å². The van der Waals surface area contributed by atoms with Gasteiger partial charge in [-0.25, -0.2) is 4.79 Å². The van der Waals surface area contributed by atoms with Gasteiger partial charge in [0.15, 0.2) is 6.61 Å². The van der Waals surface area contributed by atoms with Gasteiger partial charge in [0.05, 0.1) is 22.0 Å². The summed E-state index contributed by atoms with van der Waals surface area (Å²) in [5.74, 6) is -1.49. The first-order chi connectivity index (χ1) is 11.6. The van der Waals surface area contributed by atoms with Crippen molar-refractivity contribution in [3.8, 4) is 0 Å². The van der Waals surface area contributed by atoms with Crippen molar-refractivity contribution in [3.05, 3.63) is 59.1 Å². The molecule has 0 aromatic heterocycles. The maximum absolute atomic E-state index is 12.4. The molecule has 3 rings (SSSR count). The summed E-state index contributed by atoms with van der Waals surface area (Å²) in [6.07, 6.45) is 0. The van der Waals surface area contributed by atoms with Crippen LogP contribution < -0.4 is 10.2 Å². The number of carbonyl (C=O) groups excluding carboxylic acids is 3. The van der Waals surface area contributed by atoms with Gasteiger partial charge in [0.25, 0.3) is 5.91 Å². The van der Waals surface area contributed by atoms with Gasteiger partial charge in [0.1, 0.15) is 6.54 Å². The zero-order valence-corrected chi connectivity index (χ0v) is 13.2. The van der Waals surface area contributed by atoms with Crippen LogP contribution in [0.15, 0.2) is 48.5 Å². The number of nitrogens with one attached hydrogen (secondary N) is 1. The lowest BCUT2D eigenvalue weighted by atomic mass is 10.2. The van der Waals surface area contributed by atoms with E-state index < -0.39 is 18.5 Å². The van der Waals surface area contributed by atoms with Crippen molar-refractivity contribution in [1.29, 1.82) is 0 Å². The molecule has 0 aliphatic carbocycles. The van der Waals surface area contributed by atoms with Gasteiger partial charge in [-0.1, -0.05) is 35.9 Å². The molecule has 1 aliphatic rings. The highest BCUT2D eigenvalue weighted by Crippen LogP contribution is 2.28. The van der Waals surface area contributed by atoms with Crippen molar-refractivity contribution >= 4 is 40.8 Å². The fourth-order valence-electron chi connectivity index (χ4n) is 2.37. The number of hydrogen-bond donors (Lipinski definition) is 1. The van der Waals surface area contributed by atoms with Crippen molar-refractivity contribution in [2.75, 3.05) is 23.4 Å². The summed E-state index contributed by atoms with van der Waals surface area (Å²) in [5, 5.41) is 2.93. The van der Waals surface area contributed by atoms with E-state index in [1.54, 1.807) is 42.5 Å². The number of benzene rings is 2. The van der Waals surface area contributed by atoms with E-state index in [0.717, 1.165) is 0 Å². The Bertz CT molecular complexity index is 822. The minimum atomic E-state index is -0.691. The van der Waals surface area contributed by atoms with E-state index in [9.17, 15) is 14.4 Å². The number of para-hydroxylation sites is 2. The third kappa shape index (κ3) is 3.23. The van der Waals surface area contributed by atoms with Crippen LogP contribution in [0, 0.1) is 0 Å². The number of anilines is 2. The van der Waals surface area contributed by atoms with Crippen LogP contribution in [0.3, 0.4) is 0 Å². The van der Waals surface area contributed by atoms with Crippen LogP contribution in [-0.2, 0) is 14.3 Å². The lowest BCUT2D eigenvalue weighted by Gasteiger charge is -2.28. The largest absolute Gasteiger partial charge is 0.452 e. The number of halogens is 1. The van der Waals surface area contributed by atoms with Crippen LogP contribution in [-0.4, -0.2) is 30.9 Å². The number of ether oxygens (including phenoxy) is 1. The van der Waals surface area contributed by atoms with Crippen LogP contribution in [0.4, 0.5) is 11.4 Å². The molecule has 2 aromatic rings. The molecule has 24 heavy (non-hydrogen) atoms. The molecule has 0 atom stereocenters. The van der Waals surface area contributed by atoms with Gasteiger partial charge in [0.2, 0.25) is 5.91 Å². The molecule has 1 aliphatic heterocycles. The molecule has 7 heteroatoms.